The van der Waals surface area contributed by atoms with Gasteiger partial charge in [0, 0.05) is 5.92 Å². The predicted octanol–water partition coefficient (Wildman–Crippen LogP) is 8.38. The number of benzene rings is 5. The van der Waals surface area contributed by atoms with Gasteiger partial charge in [0.1, 0.15) is 0 Å². The molecule has 0 N–H and O–H groups in total. The summed E-state index contributed by atoms with van der Waals surface area (Å²) in [6, 6.07) is 41.7. The molecular weight excluding hydrogens is 400 g/mol. The van der Waals surface area contributed by atoms with Crippen molar-refractivity contribution in [3.05, 3.63) is 138 Å². The minimum absolute atomic E-state index is 0.282. The molecule has 1 aliphatic carbocycles. The van der Waals surface area contributed by atoms with Crippen molar-refractivity contribution in [3.63, 3.8) is 0 Å². The molecule has 1 atom stereocenters. The van der Waals surface area contributed by atoms with Gasteiger partial charge in [-0.1, -0.05) is 127 Å². The molecule has 0 spiro atoms. The maximum absolute atomic E-state index is 8.25. The van der Waals surface area contributed by atoms with Crippen molar-refractivity contribution in [1.82, 2.24) is 0 Å². The van der Waals surface area contributed by atoms with Crippen LogP contribution in [-0.2, 0) is 5.11 Å². The van der Waals surface area contributed by atoms with Gasteiger partial charge in [0.05, 0.1) is 7.11 Å². The average molecular weight is 426 g/mol. The lowest BCUT2D eigenvalue weighted by atomic mass is 9.84. The quantitative estimate of drug-likeness (QED) is 0.277. The summed E-state index contributed by atoms with van der Waals surface area (Å²) in [4.78, 5) is 0. The molecule has 0 saturated carbocycles. The van der Waals surface area contributed by atoms with Crippen LogP contribution in [0.2, 0.25) is 0 Å². The molecule has 33 heavy (non-hydrogen) atoms. The van der Waals surface area contributed by atoms with E-state index in [4.69, 9.17) is 5.11 Å². The molecule has 0 aliphatic heterocycles. The third-order valence-electron chi connectivity index (χ3n) is 6.38. The third kappa shape index (κ3) is 3.88. The molecule has 1 heteroatoms. The fourth-order valence-corrected chi connectivity index (χ4v) is 4.85. The Balaban J connectivity index is 0.00000111. The molecule has 6 rings (SSSR count). The second kappa shape index (κ2) is 9.28. The Morgan fingerprint density at radius 3 is 1.97 bits per heavy atom. The van der Waals surface area contributed by atoms with Crippen LogP contribution in [0.4, 0.5) is 0 Å². The van der Waals surface area contributed by atoms with E-state index in [1.54, 1.807) is 0 Å². The summed E-state index contributed by atoms with van der Waals surface area (Å²) in [5, 5.41) is 10.8. The molecular formula is C32H25O. The van der Waals surface area contributed by atoms with E-state index >= 15 is 0 Å². The lowest BCUT2D eigenvalue weighted by molar-refractivity contribution is 0.282. The van der Waals surface area contributed by atoms with Crippen molar-refractivity contribution in [2.75, 3.05) is 7.11 Å². The standard InChI is InChI=1S/C31H22.CH3O/c1-2-8-22(9-3-1)23-14-16-26(17-15-23)31-28-13-7-5-11-25(28)19-21-30(31)29-20-18-24-10-4-6-12-27(24)29;1-2/h1-21,29H;1H3. The third-order valence-corrected chi connectivity index (χ3v) is 6.38. The molecule has 0 bridgehead atoms. The highest BCUT2D eigenvalue weighted by Gasteiger charge is 2.23. The normalized spacial score (nSPS) is 13.9. The van der Waals surface area contributed by atoms with E-state index in [1.165, 1.54) is 49.7 Å². The summed E-state index contributed by atoms with van der Waals surface area (Å²) < 4.78 is 0. The van der Waals surface area contributed by atoms with E-state index in [0.29, 0.717) is 0 Å². The molecule has 1 radical (unpaired) electrons. The van der Waals surface area contributed by atoms with E-state index in [9.17, 15) is 0 Å². The molecule has 0 aromatic heterocycles. The van der Waals surface area contributed by atoms with Gasteiger partial charge in [-0.3, -0.25) is 0 Å². The first-order valence-corrected chi connectivity index (χ1v) is 11.2. The fourth-order valence-electron chi connectivity index (χ4n) is 4.85. The van der Waals surface area contributed by atoms with E-state index < -0.39 is 0 Å². The Bertz CT molecular complexity index is 1410. The second-order valence-electron chi connectivity index (χ2n) is 8.16. The van der Waals surface area contributed by atoms with Crippen molar-refractivity contribution < 1.29 is 5.11 Å². The molecule has 159 valence electrons. The molecule has 5 aromatic carbocycles. The summed E-state index contributed by atoms with van der Waals surface area (Å²) in [7, 11) is 0.750. The van der Waals surface area contributed by atoms with Crippen molar-refractivity contribution >= 4 is 16.8 Å². The Labute approximate surface area is 195 Å². The topological polar surface area (TPSA) is 19.9 Å². The van der Waals surface area contributed by atoms with Gasteiger partial charge in [-0.05, 0) is 49.7 Å². The largest absolute Gasteiger partial charge is 0.240 e. The molecule has 1 unspecified atom stereocenters. The summed E-state index contributed by atoms with van der Waals surface area (Å²) in [6.45, 7) is 0. The minimum Gasteiger partial charge on any atom is -0.240 e. The zero-order chi connectivity index (χ0) is 22.6. The van der Waals surface area contributed by atoms with Crippen LogP contribution in [0.15, 0.2) is 121 Å². The van der Waals surface area contributed by atoms with Crippen molar-refractivity contribution in [2.45, 2.75) is 5.92 Å². The van der Waals surface area contributed by atoms with Crippen molar-refractivity contribution in [3.8, 4) is 22.3 Å². The van der Waals surface area contributed by atoms with E-state index in [2.05, 4.69) is 127 Å². The molecule has 0 amide bonds. The Morgan fingerprint density at radius 1 is 0.515 bits per heavy atom. The summed E-state index contributed by atoms with van der Waals surface area (Å²) in [5.41, 5.74) is 9.18. The zero-order valence-corrected chi connectivity index (χ0v) is 18.6. The van der Waals surface area contributed by atoms with Crippen LogP contribution < -0.4 is 0 Å². The predicted molar refractivity (Wildman–Crippen MR) is 139 cm³/mol. The first kappa shape index (κ1) is 20.9. The Kier molecular flexibility index (Phi) is 5.89. The van der Waals surface area contributed by atoms with Crippen molar-refractivity contribution in [1.29, 1.82) is 0 Å². The lowest BCUT2D eigenvalue weighted by Crippen LogP contribution is -1.99. The fraction of sp³-hybridized carbons (Fsp3) is 0.0625. The zero-order valence-electron chi connectivity index (χ0n) is 18.6. The number of hydrogen-bond donors (Lipinski definition) is 0. The highest BCUT2D eigenvalue weighted by molar-refractivity contribution is 5.99. The minimum atomic E-state index is 0.282. The summed E-state index contributed by atoms with van der Waals surface area (Å²) in [5.74, 6) is 0.282. The molecule has 0 saturated heterocycles. The van der Waals surface area contributed by atoms with Gasteiger partial charge in [-0.2, -0.15) is 0 Å². The maximum Gasteiger partial charge on any atom is 0.0712 e. The van der Waals surface area contributed by atoms with Gasteiger partial charge in [0.2, 0.25) is 0 Å². The number of allylic oxidation sites excluding steroid dienone is 1. The van der Waals surface area contributed by atoms with Gasteiger partial charge in [0.15, 0.2) is 0 Å². The van der Waals surface area contributed by atoms with Gasteiger partial charge in [-0.15, -0.1) is 0 Å². The summed E-state index contributed by atoms with van der Waals surface area (Å²) >= 11 is 0. The lowest BCUT2D eigenvalue weighted by Gasteiger charge is -2.19. The van der Waals surface area contributed by atoms with Gasteiger partial charge >= 0.3 is 0 Å². The van der Waals surface area contributed by atoms with Gasteiger partial charge in [-0.25, -0.2) is 5.11 Å². The second-order valence-corrected chi connectivity index (χ2v) is 8.16. The molecule has 5 aromatic rings. The Hall–Kier alpha value is -3.94. The van der Waals surface area contributed by atoms with E-state index in [0.717, 1.165) is 7.11 Å². The summed E-state index contributed by atoms with van der Waals surface area (Å²) in [6.07, 6.45) is 4.61. The molecule has 0 heterocycles. The molecule has 1 aliphatic rings. The highest BCUT2D eigenvalue weighted by atomic mass is 16.2. The van der Waals surface area contributed by atoms with E-state index in [-0.39, 0.29) is 5.92 Å². The van der Waals surface area contributed by atoms with Gasteiger partial charge in [0.25, 0.3) is 0 Å². The van der Waals surface area contributed by atoms with E-state index in [1.807, 2.05) is 0 Å². The van der Waals surface area contributed by atoms with Crippen molar-refractivity contribution in [2.24, 2.45) is 0 Å². The monoisotopic (exact) mass is 425 g/mol. The maximum atomic E-state index is 8.25. The van der Waals surface area contributed by atoms with Crippen LogP contribution in [0.5, 0.6) is 0 Å². The van der Waals surface area contributed by atoms with Crippen LogP contribution in [0, 0.1) is 0 Å². The number of hydrogen-bond acceptors (Lipinski definition) is 0. The molecule has 1 nitrogen and oxygen atoms in total. The smallest absolute Gasteiger partial charge is 0.0712 e. The van der Waals surface area contributed by atoms with Crippen LogP contribution in [-0.4, -0.2) is 7.11 Å². The Morgan fingerprint density at radius 2 is 1.15 bits per heavy atom. The van der Waals surface area contributed by atoms with Gasteiger partial charge < -0.3 is 0 Å². The number of rotatable bonds is 3. The molecule has 0 fully saturated rings. The highest BCUT2D eigenvalue weighted by Crippen LogP contribution is 2.43. The number of fused-ring (bicyclic) bond motifs is 2. The van der Waals surface area contributed by atoms with Crippen LogP contribution in [0.3, 0.4) is 0 Å². The first-order chi connectivity index (χ1) is 16.4. The average Bonchev–Trinajstić information content (AvgIpc) is 3.34. The van der Waals surface area contributed by atoms with Crippen LogP contribution in [0.1, 0.15) is 22.6 Å². The first-order valence-electron chi connectivity index (χ1n) is 11.2. The van der Waals surface area contributed by atoms with Crippen LogP contribution in [0.25, 0.3) is 39.1 Å². The SMILES string of the molecule is C1=CC(c2ccc3ccccc3c2-c2ccc(-c3ccccc3)cc2)c2ccccc21.C[O]. The van der Waals surface area contributed by atoms with Crippen LogP contribution >= 0.6 is 0 Å².